The van der Waals surface area contributed by atoms with Crippen LogP contribution in [0.15, 0.2) is 54.1 Å². The molecule has 1 aliphatic rings. The first-order chi connectivity index (χ1) is 16.3. The van der Waals surface area contributed by atoms with E-state index in [4.69, 9.17) is 9.47 Å². The fourth-order valence-corrected chi connectivity index (χ4v) is 3.79. The van der Waals surface area contributed by atoms with Gasteiger partial charge in [-0.1, -0.05) is 31.2 Å². The van der Waals surface area contributed by atoms with Gasteiger partial charge in [0.2, 0.25) is 0 Å². The molecule has 0 bridgehead atoms. The minimum atomic E-state index is -0.799. The molecule has 1 atom stereocenters. The van der Waals surface area contributed by atoms with Gasteiger partial charge in [0, 0.05) is 18.7 Å². The minimum Gasteiger partial charge on any atom is -0.507 e. The van der Waals surface area contributed by atoms with Crippen LogP contribution < -0.4 is 4.74 Å². The Labute approximate surface area is 199 Å². The standard InChI is InChI=1S/C26H30N2O6/c1-5-15-34-20-8-6-7-19(16-20)23(29)21-22(17-9-11-18(12-10-17)26(32)33-4)28(14-13-27(2)3)25(31)24(21)30/h6-12,16,22,29H,5,13-15H2,1-4H3. The van der Waals surface area contributed by atoms with Gasteiger partial charge >= 0.3 is 5.97 Å². The minimum absolute atomic E-state index is 0.00205. The summed E-state index contributed by atoms with van der Waals surface area (Å²) < 4.78 is 10.4. The van der Waals surface area contributed by atoms with Crippen LogP contribution >= 0.6 is 0 Å². The Balaban J connectivity index is 2.10. The summed E-state index contributed by atoms with van der Waals surface area (Å²) in [6.07, 6.45) is 0.828. The third-order valence-corrected chi connectivity index (χ3v) is 5.56. The Bertz CT molecular complexity index is 1090. The molecule has 1 heterocycles. The number of methoxy groups -OCH3 is 1. The van der Waals surface area contributed by atoms with Crippen LogP contribution in [0.3, 0.4) is 0 Å². The lowest BCUT2D eigenvalue weighted by molar-refractivity contribution is -0.140. The number of esters is 1. The number of nitrogens with zero attached hydrogens (tertiary/aromatic N) is 2. The monoisotopic (exact) mass is 466 g/mol. The molecule has 2 aromatic carbocycles. The number of aliphatic hydroxyl groups excluding tert-OH is 1. The van der Waals surface area contributed by atoms with Gasteiger partial charge in [0.1, 0.15) is 11.5 Å². The number of aliphatic hydroxyl groups is 1. The Hall–Kier alpha value is -3.65. The van der Waals surface area contributed by atoms with E-state index in [1.165, 1.54) is 12.0 Å². The number of ether oxygens (including phenoxy) is 2. The average molecular weight is 467 g/mol. The number of rotatable bonds is 9. The summed E-state index contributed by atoms with van der Waals surface area (Å²) >= 11 is 0. The number of amides is 1. The van der Waals surface area contributed by atoms with Crippen LogP contribution in [0.1, 0.15) is 40.9 Å². The van der Waals surface area contributed by atoms with E-state index in [9.17, 15) is 19.5 Å². The van der Waals surface area contributed by atoms with Crippen molar-refractivity contribution in [2.24, 2.45) is 0 Å². The molecular formula is C26H30N2O6. The number of benzene rings is 2. The Morgan fingerprint density at radius 3 is 2.41 bits per heavy atom. The summed E-state index contributed by atoms with van der Waals surface area (Å²) in [5.74, 6) is -1.62. The van der Waals surface area contributed by atoms with Crippen molar-refractivity contribution in [3.63, 3.8) is 0 Å². The molecule has 1 amide bonds. The topological polar surface area (TPSA) is 96.4 Å². The van der Waals surface area contributed by atoms with Gasteiger partial charge in [0.25, 0.3) is 11.7 Å². The quantitative estimate of drug-likeness (QED) is 0.262. The molecule has 1 aliphatic heterocycles. The van der Waals surface area contributed by atoms with E-state index in [0.29, 0.717) is 35.6 Å². The van der Waals surface area contributed by atoms with Crippen molar-refractivity contribution in [1.29, 1.82) is 0 Å². The third kappa shape index (κ3) is 5.28. The zero-order valence-corrected chi connectivity index (χ0v) is 19.9. The summed E-state index contributed by atoms with van der Waals surface area (Å²) in [4.78, 5) is 41.3. The predicted octanol–water partition coefficient (Wildman–Crippen LogP) is 3.25. The van der Waals surface area contributed by atoms with E-state index >= 15 is 0 Å². The predicted molar refractivity (Wildman–Crippen MR) is 128 cm³/mol. The van der Waals surface area contributed by atoms with Crippen molar-refractivity contribution in [2.45, 2.75) is 19.4 Å². The normalized spacial score (nSPS) is 17.3. The van der Waals surface area contributed by atoms with Crippen molar-refractivity contribution in [3.8, 4) is 5.75 Å². The molecule has 8 nitrogen and oxygen atoms in total. The number of hydrogen-bond acceptors (Lipinski definition) is 7. The number of hydrogen-bond donors (Lipinski definition) is 1. The van der Waals surface area contributed by atoms with Gasteiger partial charge < -0.3 is 24.4 Å². The molecule has 0 aromatic heterocycles. The highest BCUT2D eigenvalue weighted by Crippen LogP contribution is 2.39. The van der Waals surface area contributed by atoms with Gasteiger partial charge in [0.15, 0.2) is 0 Å². The van der Waals surface area contributed by atoms with E-state index in [0.717, 1.165) is 6.42 Å². The molecule has 3 rings (SSSR count). The Morgan fingerprint density at radius 1 is 1.09 bits per heavy atom. The second-order valence-electron chi connectivity index (χ2n) is 8.29. The summed E-state index contributed by atoms with van der Waals surface area (Å²) in [7, 11) is 5.04. The fourth-order valence-electron chi connectivity index (χ4n) is 3.79. The Kier molecular flexibility index (Phi) is 8.07. The first-order valence-electron chi connectivity index (χ1n) is 11.1. The van der Waals surface area contributed by atoms with Crippen LogP contribution in [0.2, 0.25) is 0 Å². The van der Waals surface area contributed by atoms with Crippen molar-refractivity contribution in [1.82, 2.24) is 9.80 Å². The van der Waals surface area contributed by atoms with Crippen LogP contribution in [0.25, 0.3) is 5.76 Å². The summed E-state index contributed by atoms with van der Waals surface area (Å²) in [5, 5.41) is 11.2. The number of likely N-dealkylation sites (tertiary alicyclic amines) is 1. The number of likely N-dealkylation sites (N-methyl/N-ethyl adjacent to an activating group) is 1. The molecule has 1 unspecified atom stereocenters. The molecule has 1 fully saturated rings. The molecule has 2 aromatic rings. The van der Waals surface area contributed by atoms with Crippen molar-refractivity contribution >= 4 is 23.4 Å². The SMILES string of the molecule is CCCOc1cccc(C(O)=C2C(=O)C(=O)N(CCN(C)C)C2c2ccc(C(=O)OC)cc2)c1. The van der Waals surface area contributed by atoms with Crippen LogP contribution in [-0.2, 0) is 14.3 Å². The van der Waals surface area contributed by atoms with Gasteiger partial charge in [0.05, 0.1) is 30.9 Å². The maximum absolute atomic E-state index is 13.1. The van der Waals surface area contributed by atoms with Crippen LogP contribution in [0.5, 0.6) is 5.75 Å². The number of carbonyl (C=O) groups is 3. The number of Topliss-reactive ketones (excluding diaryl/α,β-unsaturated/α-hetero) is 1. The van der Waals surface area contributed by atoms with E-state index in [2.05, 4.69) is 0 Å². The van der Waals surface area contributed by atoms with E-state index in [-0.39, 0.29) is 17.9 Å². The largest absolute Gasteiger partial charge is 0.507 e. The van der Waals surface area contributed by atoms with E-state index in [1.807, 2.05) is 25.9 Å². The molecule has 8 heteroatoms. The molecule has 180 valence electrons. The maximum atomic E-state index is 13.1. The second-order valence-corrected chi connectivity index (χ2v) is 8.29. The highest BCUT2D eigenvalue weighted by Gasteiger charge is 2.45. The zero-order chi connectivity index (χ0) is 24.8. The summed E-state index contributed by atoms with van der Waals surface area (Å²) in [5.41, 5.74) is 1.33. The zero-order valence-electron chi connectivity index (χ0n) is 19.9. The molecule has 1 saturated heterocycles. The van der Waals surface area contributed by atoms with Crippen molar-refractivity contribution in [2.75, 3.05) is 40.9 Å². The smallest absolute Gasteiger partial charge is 0.337 e. The van der Waals surface area contributed by atoms with Crippen LogP contribution in [0.4, 0.5) is 0 Å². The highest BCUT2D eigenvalue weighted by molar-refractivity contribution is 6.46. The van der Waals surface area contributed by atoms with E-state index < -0.39 is 23.7 Å². The van der Waals surface area contributed by atoms with Crippen LogP contribution in [-0.4, -0.2) is 73.5 Å². The number of ketones is 1. The lowest BCUT2D eigenvalue weighted by atomic mass is 9.94. The van der Waals surface area contributed by atoms with Gasteiger partial charge in [-0.05, 0) is 50.3 Å². The third-order valence-electron chi connectivity index (χ3n) is 5.56. The average Bonchev–Trinajstić information content (AvgIpc) is 3.10. The first kappa shape index (κ1) is 25.0. The lowest BCUT2D eigenvalue weighted by Crippen LogP contribution is -2.35. The summed E-state index contributed by atoms with van der Waals surface area (Å²) in [6, 6.07) is 12.5. The van der Waals surface area contributed by atoms with Gasteiger partial charge in [-0.2, -0.15) is 0 Å². The highest BCUT2D eigenvalue weighted by atomic mass is 16.5. The molecule has 1 N–H and O–H groups in total. The van der Waals surface area contributed by atoms with Crippen molar-refractivity contribution in [3.05, 3.63) is 70.8 Å². The van der Waals surface area contributed by atoms with E-state index in [1.54, 1.807) is 48.5 Å². The van der Waals surface area contributed by atoms with Gasteiger partial charge in [-0.15, -0.1) is 0 Å². The molecular weight excluding hydrogens is 436 g/mol. The lowest BCUT2D eigenvalue weighted by Gasteiger charge is -2.26. The van der Waals surface area contributed by atoms with Gasteiger partial charge in [-0.25, -0.2) is 4.79 Å². The second kappa shape index (κ2) is 11.0. The fraction of sp³-hybridized carbons (Fsp3) is 0.346. The maximum Gasteiger partial charge on any atom is 0.337 e. The molecule has 0 spiro atoms. The van der Waals surface area contributed by atoms with Crippen molar-refractivity contribution < 1.29 is 29.0 Å². The molecule has 34 heavy (non-hydrogen) atoms. The molecule has 0 saturated carbocycles. The first-order valence-corrected chi connectivity index (χ1v) is 11.1. The summed E-state index contributed by atoms with van der Waals surface area (Å²) in [6.45, 7) is 3.33. The molecule has 0 aliphatic carbocycles. The van der Waals surface area contributed by atoms with Gasteiger partial charge in [-0.3, -0.25) is 9.59 Å². The van der Waals surface area contributed by atoms with Crippen LogP contribution in [0, 0.1) is 0 Å². The molecule has 0 radical (unpaired) electrons. The number of carbonyl (C=O) groups excluding carboxylic acids is 3. The Morgan fingerprint density at radius 2 is 1.79 bits per heavy atom.